The Balaban J connectivity index is 2.29. The zero-order valence-corrected chi connectivity index (χ0v) is 16.3. The van der Waals surface area contributed by atoms with Crippen LogP contribution < -0.4 is 15.0 Å². The summed E-state index contributed by atoms with van der Waals surface area (Å²) in [6, 6.07) is 3.93. The normalized spacial score (nSPS) is 13.2. The number of ether oxygens (including phenoxy) is 3. The van der Waals surface area contributed by atoms with Gasteiger partial charge < -0.3 is 14.2 Å². The predicted octanol–water partition coefficient (Wildman–Crippen LogP) is 3.53. The molecule has 3 rings (SSSR count). The van der Waals surface area contributed by atoms with Gasteiger partial charge in [-0.3, -0.25) is 9.48 Å². The molecule has 0 spiro atoms. The quantitative estimate of drug-likeness (QED) is 0.749. The lowest BCUT2D eigenvalue weighted by Crippen LogP contribution is -2.27. The molecule has 0 radical (unpaired) electrons. The minimum absolute atomic E-state index is 0.175. The van der Waals surface area contributed by atoms with Crippen molar-refractivity contribution in [2.75, 3.05) is 13.7 Å². The smallest absolute Gasteiger partial charge is 0.496 e. The van der Waals surface area contributed by atoms with Gasteiger partial charge >= 0.3 is 6.16 Å². The Labute approximate surface area is 158 Å². The number of carbonyl (C=O) groups excluding carboxylic acids is 1. The zero-order valence-electron chi connectivity index (χ0n) is 16.3. The van der Waals surface area contributed by atoms with E-state index in [1.165, 1.54) is 0 Å². The number of rotatable bonds is 5. The summed E-state index contributed by atoms with van der Waals surface area (Å²) < 4.78 is 19.4. The van der Waals surface area contributed by atoms with E-state index in [-0.39, 0.29) is 18.0 Å². The van der Waals surface area contributed by atoms with Crippen LogP contribution in [0.4, 0.5) is 4.79 Å². The van der Waals surface area contributed by atoms with Gasteiger partial charge in [0, 0.05) is 18.7 Å². The molecule has 146 valence electrons. The van der Waals surface area contributed by atoms with Crippen LogP contribution in [0.3, 0.4) is 0 Å². The molecule has 0 amide bonds. The number of hydrogen-bond donors (Lipinski definition) is 0. The van der Waals surface area contributed by atoms with Crippen LogP contribution in [0, 0.1) is 6.92 Å². The van der Waals surface area contributed by atoms with E-state index in [0.717, 1.165) is 30.4 Å². The van der Waals surface area contributed by atoms with E-state index in [2.05, 4.69) is 0 Å². The fraction of sp³-hybridized carbons (Fsp3) is 0.500. The minimum atomic E-state index is -0.811. The van der Waals surface area contributed by atoms with E-state index in [0.29, 0.717) is 30.0 Å². The molecule has 0 aliphatic carbocycles. The SMILES string of the molecule is CCOC(=O)Oc1c(-c2c(CC)cc(C)cc2OC)c(=O)n2n1CCCC2. The highest BCUT2D eigenvalue weighted by molar-refractivity contribution is 5.80. The molecule has 1 aromatic carbocycles. The molecule has 0 N–H and O–H groups in total. The van der Waals surface area contributed by atoms with Crippen molar-refractivity contribution in [2.45, 2.75) is 53.1 Å². The molecule has 0 saturated carbocycles. The van der Waals surface area contributed by atoms with Gasteiger partial charge in [0.2, 0.25) is 5.88 Å². The van der Waals surface area contributed by atoms with Crippen LogP contribution in [0.2, 0.25) is 0 Å². The molecule has 0 fully saturated rings. The van der Waals surface area contributed by atoms with Gasteiger partial charge in [0.05, 0.1) is 13.7 Å². The van der Waals surface area contributed by atoms with Crippen LogP contribution in [-0.4, -0.2) is 29.2 Å². The second-order valence-corrected chi connectivity index (χ2v) is 6.58. The van der Waals surface area contributed by atoms with Crippen LogP contribution in [-0.2, 0) is 24.2 Å². The maximum absolute atomic E-state index is 13.2. The van der Waals surface area contributed by atoms with E-state index in [1.54, 1.807) is 23.4 Å². The van der Waals surface area contributed by atoms with E-state index in [9.17, 15) is 9.59 Å². The van der Waals surface area contributed by atoms with Gasteiger partial charge in [0.15, 0.2) is 0 Å². The van der Waals surface area contributed by atoms with E-state index < -0.39 is 6.16 Å². The highest BCUT2D eigenvalue weighted by Crippen LogP contribution is 2.39. The Morgan fingerprint density at radius 3 is 2.44 bits per heavy atom. The Kier molecular flexibility index (Phi) is 5.58. The summed E-state index contributed by atoms with van der Waals surface area (Å²) in [5.74, 6) is 0.830. The van der Waals surface area contributed by atoms with Crippen molar-refractivity contribution in [3.8, 4) is 22.8 Å². The van der Waals surface area contributed by atoms with Crippen molar-refractivity contribution in [2.24, 2.45) is 0 Å². The van der Waals surface area contributed by atoms with Crippen molar-refractivity contribution in [1.29, 1.82) is 0 Å². The first-order valence-corrected chi connectivity index (χ1v) is 9.37. The summed E-state index contributed by atoms with van der Waals surface area (Å²) in [6.45, 7) is 7.12. The highest BCUT2D eigenvalue weighted by Gasteiger charge is 2.30. The second-order valence-electron chi connectivity index (χ2n) is 6.58. The van der Waals surface area contributed by atoms with Crippen molar-refractivity contribution in [1.82, 2.24) is 9.36 Å². The Hall–Kier alpha value is -2.70. The summed E-state index contributed by atoms with van der Waals surface area (Å²) in [4.78, 5) is 25.3. The third-order valence-electron chi connectivity index (χ3n) is 4.80. The average Bonchev–Trinajstić information content (AvgIpc) is 2.93. The number of fused-ring (bicyclic) bond motifs is 1. The van der Waals surface area contributed by atoms with E-state index in [4.69, 9.17) is 14.2 Å². The van der Waals surface area contributed by atoms with Crippen LogP contribution in [0.5, 0.6) is 11.6 Å². The van der Waals surface area contributed by atoms with E-state index in [1.807, 2.05) is 26.0 Å². The molecule has 7 nitrogen and oxygen atoms in total. The lowest BCUT2D eigenvalue weighted by Gasteiger charge is -2.19. The standard InChI is InChI=1S/C20H26N2O5/c1-5-14-11-13(3)12-15(25-4)16(14)17-18(23)21-9-7-8-10-22(21)19(17)27-20(24)26-6-2/h11-12H,5-10H2,1-4H3. The Morgan fingerprint density at radius 1 is 1.11 bits per heavy atom. The Morgan fingerprint density at radius 2 is 1.81 bits per heavy atom. The lowest BCUT2D eigenvalue weighted by atomic mass is 9.96. The maximum Gasteiger partial charge on any atom is 0.515 e. The molecule has 2 heterocycles. The van der Waals surface area contributed by atoms with Gasteiger partial charge in [-0.05, 0) is 50.3 Å². The summed E-state index contributed by atoms with van der Waals surface area (Å²) in [6.07, 6.45) is 1.73. The summed E-state index contributed by atoms with van der Waals surface area (Å²) in [7, 11) is 1.58. The van der Waals surface area contributed by atoms with Crippen LogP contribution >= 0.6 is 0 Å². The van der Waals surface area contributed by atoms with Gasteiger partial charge in [0.25, 0.3) is 5.56 Å². The van der Waals surface area contributed by atoms with Gasteiger partial charge in [-0.25, -0.2) is 9.48 Å². The van der Waals surface area contributed by atoms with Crippen molar-refractivity contribution in [3.05, 3.63) is 33.6 Å². The van der Waals surface area contributed by atoms with Gasteiger partial charge in [-0.1, -0.05) is 13.0 Å². The molecule has 0 saturated heterocycles. The molecule has 2 aromatic rings. The number of benzene rings is 1. The highest BCUT2D eigenvalue weighted by atomic mass is 16.7. The fourth-order valence-electron chi connectivity index (χ4n) is 3.63. The number of carbonyl (C=O) groups is 1. The van der Waals surface area contributed by atoms with Gasteiger partial charge in [-0.15, -0.1) is 0 Å². The summed E-state index contributed by atoms with van der Waals surface area (Å²) in [5, 5.41) is 0. The van der Waals surface area contributed by atoms with E-state index >= 15 is 0 Å². The number of nitrogens with zero attached hydrogens (tertiary/aromatic N) is 2. The van der Waals surface area contributed by atoms with Crippen molar-refractivity contribution in [3.63, 3.8) is 0 Å². The second kappa shape index (κ2) is 7.90. The van der Waals surface area contributed by atoms with Gasteiger partial charge in [0.1, 0.15) is 11.3 Å². The molecule has 7 heteroatoms. The lowest BCUT2D eigenvalue weighted by molar-refractivity contribution is 0.0990. The van der Waals surface area contributed by atoms with Gasteiger partial charge in [-0.2, -0.15) is 0 Å². The number of methoxy groups -OCH3 is 1. The predicted molar refractivity (Wildman–Crippen MR) is 102 cm³/mol. The number of aryl methyl sites for hydroxylation is 2. The first-order chi connectivity index (χ1) is 13.0. The molecule has 1 aliphatic rings. The van der Waals surface area contributed by atoms with Crippen LogP contribution in [0.15, 0.2) is 16.9 Å². The zero-order chi connectivity index (χ0) is 19.6. The van der Waals surface area contributed by atoms with Crippen LogP contribution in [0.1, 0.15) is 37.8 Å². The molecule has 0 atom stereocenters. The molecule has 1 aliphatic heterocycles. The number of aromatic nitrogens is 2. The molecular weight excluding hydrogens is 348 g/mol. The minimum Gasteiger partial charge on any atom is -0.496 e. The molecule has 27 heavy (non-hydrogen) atoms. The third-order valence-corrected chi connectivity index (χ3v) is 4.80. The average molecular weight is 374 g/mol. The number of hydrogen-bond acceptors (Lipinski definition) is 5. The van der Waals surface area contributed by atoms with Crippen molar-refractivity contribution < 1.29 is 19.0 Å². The first-order valence-electron chi connectivity index (χ1n) is 9.37. The molecule has 0 unspecified atom stereocenters. The molecule has 0 bridgehead atoms. The van der Waals surface area contributed by atoms with Crippen LogP contribution in [0.25, 0.3) is 11.1 Å². The summed E-state index contributed by atoms with van der Waals surface area (Å²) >= 11 is 0. The summed E-state index contributed by atoms with van der Waals surface area (Å²) in [5.41, 5.74) is 2.89. The Bertz CT molecular complexity index is 885. The topological polar surface area (TPSA) is 71.7 Å². The largest absolute Gasteiger partial charge is 0.515 e. The third kappa shape index (κ3) is 3.46. The fourth-order valence-corrected chi connectivity index (χ4v) is 3.63. The first kappa shape index (κ1) is 19.1. The molecular formula is C20H26N2O5. The van der Waals surface area contributed by atoms with Crippen molar-refractivity contribution >= 4 is 6.16 Å². The molecule has 1 aromatic heterocycles. The maximum atomic E-state index is 13.2. The monoisotopic (exact) mass is 374 g/mol.